The van der Waals surface area contributed by atoms with Gasteiger partial charge in [0, 0.05) is 13.1 Å². The van der Waals surface area contributed by atoms with E-state index in [-0.39, 0.29) is 6.09 Å². The van der Waals surface area contributed by atoms with Crippen molar-refractivity contribution in [3.63, 3.8) is 0 Å². The second kappa shape index (κ2) is 11.8. The fourth-order valence-electron chi connectivity index (χ4n) is 1.66. The largest absolute Gasteiger partial charge is 0.444 e. The van der Waals surface area contributed by atoms with Gasteiger partial charge >= 0.3 is 6.09 Å². The number of hydrogen-bond acceptors (Lipinski definition) is 3. The number of unbranched alkanes of at least 4 members (excludes halogenated alkanes) is 4. The summed E-state index contributed by atoms with van der Waals surface area (Å²) < 4.78 is 5.13. The highest BCUT2D eigenvalue weighted by atomic mass is 16.6. The second-order valence-electron chi connectivity index (χ2n) is 5.97. The molecule has 4 heteroatoms. The van der Waals surface area contributed by atoms with E-state index in [0.717, 1.165) is 13.1 Å². The van der Waals surface area contributed by atoms with Crippen molar-refractivity contribution in [2.24, 2.45) is 0 Å². The van der Waals surface area contributed by atoms with Gasteiger partial charge in [-0.25, -0.2) is 4.79 Å². The van der Waals surface area contributed by atoms with Crippen molar-refractivity contribution in [2.75, 3.05) is 19.6 Å². The predicted molar refractivity (Wildman–Crippen MR) is 85.0 cm³/mol. The molecule has 0 spiro atoms. The maximum atomic E-state index is 11.3. The second-order valence-corrected chi connectivity index (χ2v) is 5.97. The van der Waals surface area contributed by atoms with Crippen LogP contribution in [-0.4, -0.2) is 31.3 Å². The minimum absolute atomic E-state index is 0.369. The first kappa shape index (κ1) is 19.0. The third-order valence-corrected chi connectivity index (χ3v) is 2.65. The van der Waals surface area contributed by atoms with Crippen LogP contribution in [0, 0.1) is 0 Å². The highest BCUT2D eigenvalue weighted by Crippen LogP contribution is 2.06. The Labute approximate surface area is 124 Å². The van der Waals surface area contributed by atoms with Crippen LogP contribution in [0.2, 0.25) is 0 Å². The molecule has 0 aromatic rings. The molecule has 0 fully saturated rings. The summed E-state index contributed by atoms with van der Waals surface area (Å²) in [5.74, 6) is 0. The predicted octanol–water partition coefficient (Wildman–Crippen LogP) is 3.63. The SMILES string of the molecule is CCCCCCCNC/C=C/CNC(=O)OC(C)(C)C. The third kappa shape index (κ3) is 15.0. The standard InChI is InChI=1S/C16H32N2O2/c1-5-6-7-8-9-12-17-13-10-11-14-18-15(19)20-16(2,3)4/h10-11,17H,5-9,12-14H2,1-4H3,(H,18,19)/b11-10+. The Kier molecular flexibility index (Phi) is 11.2. The van der Waals surface area contributed by atoms with E-state index >= 15 is 0 Å². The van der Waals surface area contributed by atoms with Crippen LogP contribution in [0.25, 0.3) is 0 Å². The van der Waals surface area contributed by atoms with E-state index in [1.807, 2.05) is 32.9 Å². The molecule has 20 heavy (non-hydrogen) atoms. The first-order chi connectivity index (χ1) is 9.45. The Hall–Kier alpha value is -1.03. The number of amides is 1. The molecule has 0 aliphatic carbocycles. The number of hydrogen-bond donors (Lipinski definition) is 2. The molecule has 0 atom stereocenters. The molecule has 0 aliphatic rings. The molecule has 1 amide bonds. The lowest BCUT2D eigenvalue weighted by molar-refractivity contribution is 0.0534. The minimum atomic E-state index is -0.437. The number of alkyl carbamates (subject to hydrolysis) is 1. The summed E-state index contributed by atoms with van der Waals surface area (Å²) in [6.07, 6.45) is 10.1. The van der Waals surface area contributed by atoms with Gasteiger partial charge < -0.3 is 15.4 Å². The summed E-state index contributed by atoms with van der Waals surface area (Å²) in [5, 5.41) is 6.05. The Morgan fingerprint density at radius 3 is 2.35 bits per heavy atom. The summed E-state index contributed by atoms with van der Waals surface area (Å²) in [6.45, 7) is 10.2. The van der Waals surface area contributed by atoms with Gasteiger partial charge in [0.05, 0.1) is 0 Å². The van der Waals surface area contributed by atoms with Crippen molar-refractivity contribution in [3.8, 4) is 0 Å². The molecular formula is C16H32N2O2. The van der Waals surface area contributed by atoms with Crippen LogP contribution in [0.5, 0.6) is 0 Å². The van der Waals surface area contributed by atoms with E-state index in [2.05, 4.69) is 17.6 Å². The van der Waals surface area contributed by atoms with Gasteiger partial charge in [-0.3, -0.25) is 0 Å². The van der Waals surface area contributed by atoms with E-state index in [1.54, 1.807) is 0 Å². The number of carbonyl (C=O) groups is 1. The van der Waals surface area contributed by atoms with Crippen LogP contribution in [-0.2, 0) is 4.74 Å². The molecule has 0 aliphatic heterocycles. The molecule has 0 aromatic carbocycles. The summed E-state index contributed by atoms with van der Waals surface area (Å²) in [4.78, 5) is 11.3. The van der Waals surface area contributed by atoms with E-state index < -0.39 is 5.60 Å². The molecule has 0 heterocycles. The summed E-state index contributed by atoms with van der Waals surface area (Å²) >= 11 is 0. The molecule has 2 N–H and O–H groups in total. The van der Waals surface area contributed by atoms with Gasteiger partial charge in [-0.15, -0.1) is 0 Å². The van der Waals surface area contributed by atoms with Gasteiger partial charge in [-0.1, -0.05) is 44.8 Å². The molecule has 0 saturated carbocycles. The first-order valence-electron chi connectivity index (χ1n) is 7.78. The van der Waals surface area contributed by atoms with Gasteiger partial charge in [0.15, 0.2) is 0 Å². The smallest absolute Gasteiger partial charge is 0.407 e. The van der Waals surface area contributed by atoms with Crippen molar-refractivity contribution in [3.05, 3.63) is 12.2 Å². The molecule has 4 nitrogen and oxygen atoms in total. The van der Waals surface area contributed by atoms with Crippen molar-refractivity contribution < 1.29 is 9.53 Å². The van der Waals surface area contributed by atoms with Crippen LogP contribution in [0.15, 0.2) is 12.2 Å². The maximum absolute atomic E-state index is 11.3. The lowest BCUT2D eigenvalue weighted by Crippen LogP contribution is -2.32. The van der Waals surface area contributed by atoms with Crippen LogP contribution in [0.4, 0.5) is 4.79 Å². The normalized spacial score (nSPS) is 11.8. The van der Waals surface area contributed by atoms with Gasteiger partial charge in [-0.2, -0.15) is 0 Å². The lowest BCUT2D eigenvalue weighted by Gasteiger charge is -2.19. The molecule has 0 bridgehead atoms. The lowest BCUT2D eigenvalue weighted by atomic mass is 10.1. The average molecular weight is 284 g/mol. The third-order valence-electron chi connectivity index (χ3n) is 2.65. The summed E-state index contributed by atoms with van der Waals surface area (Å²) in [6, 6.07) is 0. The summed E-state index contributed by atoms with van der Waals surface area (Å²) in [7, 11) is 0. The Morgan fingerprint density at radius 1 is 1.05 bits per heavy atom. The quantitative estimate of drug-likeness (QED) is 0.476. The van der Waals surface area contributed by atoms with Gasteiger partial charge in [-0.05, 0) is 33.7 Å². The molecule has 0 unspecified atom stereocenters. The topological polar surface area (TPSA) is 50.4 Å². The molecule has 118 valence electrons. The first-order valence-corrected chi connectivity index (χ1v) is 7.78. The van der Waals surface area contributed by atoms with Gasteiger partial charge in [0.25, 0.3) is 0 Å². The molecular weight excluding hydrogens is 252 g/mol. The van der Waals surface area contributed by atoms with E-state index in [4.69, 9.17) is 4.74 Å². The molecule has 0 radical (unpaired) electrons. The fourth-order valence-corrected chi connectivity index (χ4v) is 1.66. The number of rotatable bonds is 10. The van der Waals surface area contributed by atoms with Crippen molar-refractivity contribution in [1.82, 2.24) is 10.6 Å². The van der Waals surface area contributed by atoms with Crippen molar-refractivity contribution in [2.45, 2.75) is 65.4 Å². The Bertz CT molecular complexity index is 270. The Morgan fingerprint density at radius 2 is 1.70 bits per heavy atom. The zero-order valence-corrected chi connectivity index (χ0v) is 13.6. The van der Waals surface area contributed by atoms with Crippen LogP contribution in [0.1, 0.15) is 59.8 Å². The zero-order valence-electron chi connectivity index (χ0n) is 13.6. The van der Waals surface area contributed by atoms with E-state index in [1.165, 1.54) is 32.1 Å². The van der Waals surface area contributed by atoms with E-state index in [0.29, 0.717) is 6.54 Å². The maximum Gasteiger partial charge on any atom is 0.407 e. The molecule has 0 rings (SSSR count). The van der Waals surface area contributed by atoms with E-state index in [9.17, 15) is 4.79 Å². The number of nitrogens with one attached hydrogen (secondary N) is 2. The Balaban J connectivity index is 3.34. The minimum Gasteiger partial charge on any atom is -0.444 e. The van der Waals surface area contributed by atoms with Gasteiger partial charge in [0.2, 0.25) is 0 Å². The zero-order chi connectivity index (χ0) is 15.3. The number of ether oxygens (including phenoxy) is 1. The average Bonchev–Trinajstić information content (AvgIpc) is 2.34. The number of carbonyl (C=O) groups excluding carboxylic acids is 1. The summed E-state index contributed by atoms with van der Waals surface area (Å²) in [5.41, 5.74) is -0.437. The van der Waals surface area contributed by atoms with Gasteiger partial charge in [0.1, 0.15) is 5.60 Å². The fraction of sp³-hybridized carbons (Fsp3) is 0.812. The highest BCUT2D eigenvalue weighted by Gasteiger charge is 2.14. The van der Waals surface area contributed by atoms with Crippen LogP contribution in [0.3, 0.4) is 0 Å². The van der Waals surface area contributed by atoms with Crippen LogP contribution >= 0.6 is 0 Å². The van der Waals surface area contributed by atoms with Crippen molar-refractivity contribution >= 4 is 6.09 Å². The van der Waals surface area contributed by atoms with Crippen LogP contribution < -0.4 is 10.6 Å². The monoisotopic (exact) mass is 284 g/mol. The highest BCUT2D eigenvalue weighted by molar-refractivity contribution is 5.67. The molecule has 0 saturated heterocycles. The molecule has 0 aromatic heterocycles. The van der Waals surface area contributed by atoms with Crippen molar-refractivity contribution in [1.29, 1.82) is 0 Å².